The van der Waals surface area contributed by atoms with Crippen LogP contribution >= 0.6 is 0 Å². The second-order valence-electron chi connectivity index (χ2n) is 5.80. The number of fused-ring (bicyclic) bond motifs is 1. The molecule has 7 heteroatoms. The fraction of sp³-hybridized carbons (Fsp3) is 0.235. The average Bonchev–Trinajstić information content (AvgIpc) is 3.26. The third kappa shape index (κ3) is 2.54. The second-order valence-corrected chi connectivity index (χ2v) is 5.80. The van der Waals surface area contributed by atoms with Crippen molar-refractivity contribution in [2.45, 2.75) is 19.4 Å². The van der Waals surface area contributed by atoms with Crippen LogP contribution < -0.4 is 0 Å². The van der Waals surface area contributed by atoms with Crippen molar-refractivity contribution in [3.05, 3.63) is 41.9 Å². The highest BCUT2D eigenvalue weighted by molar-refractivity contribution is 5.86. The molecular formula is C17H15N3O4. The quantitative estimate of drug-likeness (QED) is 0.768. The van der Waals surface area contributed by atoms with Gasteiger partial charge in [0.05, 0.1) is 17.6 Å². The van der Waals surface area contributed by atoms with Crippen LogP contribution in [0.2, 0.25) is 0 Å². The molecule has 0 aliphatic carbocycles. The van der Waals surface area contributed by atoms with Crippen LogP contribution in [0.1, 0.15) is 29.2 Å². The van der Waals surface area contributed by atoms with Crippen molar-refractivity contribution in [3.8, 4) is 11.3 Å². The number of benzene rings is 1. The highest BCUT2D eigenvalue weighted by Crippen LogP contribution is 2.26. The van der Waals surface area contributed by atoms with E-state index in [0.717, 1.165) is 35.4 Å². The van der Waals surface area contributed by atoms with E-state index in [2.05, 4.69) is 9.97 Å². The molecule has 0 saturated carbocycles. The lowest BCUT2D eigenvalue weighted by atomic mass is 10.1. The Bertz CT molecular complexity index is 940. The van der Waals surface area contributed by atoms with Crippen molar-refractivity contribution < 1.29 is 19.1 Å². The minimum atomic E-state index is -1.10. The molecule has 2 aromatic heterocycles. The number of carbonyl (C=O) groups is 2. The van der Waals surface area contributed by atoms with Crippen LogP contribution in [0.15, 0.2) is 34.7 Å². The predicted octanol–water partition coefficient (Wildman–Crippen LogP) is 2.64. The van der Waals surface area contributed by atoms with Crippen molar-refractivity contribution in [1.29, 1.82) is 0 Å². The van der Waals surface area contributed by atoms with Crippen molar-refractivity contribution in [2.24, 2.45) is 0 Å². The Hall–Kier alpha value is -3.09. The largest absolute Gasteiger partial charge is 0.475 e. The van der Waals surface area contributed by atoms with Gasteiger partial charge in [0.1, 0.15) is 11.6 Å². The van der Waals surface area contributed by atoms with Crippen molar-refractivity contribution in [3.63, 3.8) is 0 Å². The van der Waals surface area contributed by atoms with Gasteiger partial charge in [-0.15, -0.1) is 0 Å². The first kappa shape index (κ1) is 14.5. The number of nitrogens with zero attached hydrogens (tertiary/aromatic N) is 2. The lowest BCUT2D eigenvalue weighted by Crippen LogP contribution is -2.24. The molecular weight excluding hydrogens is 310 g/mol. The number of aromatic carboxylic acids is 1. The van der Waals surface area contributed by atoms with Crippen LogP contribution in [-0.4, -0.2) is 38.4 Å². The predicted molar refractivity (Wildman–Crippen MR) is 85.4 cm³/mol. The number of hydrogen-bond donors (Lipinski definition) is 2. The number of amides is 1. The van der Waals surface area contributed by atoms with E-state index >= 15 is 0 Å². The second kappa shape index (κ2) is 5.52. The number of hydrogen-bond acceptors (Lipinski definition) is 4. The lowest BCUT2D eigenvalue weighted by Gasteiger charge is -2.12. The molecule has 7 nitrogen and oxygen atoms in total. The van der Waals surface area contributed by atoms with Crippen molar-refractivity contribution in [1.82, 2.24) is 14.9 Å². The standard InChI is InChI=1S/C17H15N3O4/c21-16-2-1-7-20(16)9-15-18-11-4-3-10(8-12(11)19-15)13-5-6-14(24-13)17(22)23/h3-6,8H,1-2,7,9H2,(H,18,19)(H,22,23). The third-order valence-corrected chi connectivity index (χ3v) is 4.14. The van der Waals surface area contributed by atoms with E-state index < -0.39 is 5.97 Å². The van der Waals surface area contributed by atoms with Crippen LogP contribution in [0.3, 0.4) is 0 Å². The molecule has 1 aromatic carbocycles. The van der Waals surface area contributed by atoms with E-state index in [9.17, 15) is 9.59 Å². The summed E-state index contributed by atoms with van der Waals surface area (Å²) in [6.45, 7) is 1.25. The van der Waals surface area contributed by atoms with E-state index in [-0.39, 0.29) is 11.7 Å². The first-order valence-corrected chi connectivity index (χ1v) is 7.70. The number of aromatic amines is 1. The fourth-order valence-electron chi connectivity index (χ4n) is 2.95. The minimum Gasteiger partial charge on any atom is -0.475 e. The highest BCUT2D eigenvalue weighted by atomic mass is 16.4. The fourth-order valence-corrected chi connectivity index (χ4v) is 2.95. The monoisotopic (exact) mass is 325 g/mol. The van der Waals surface area contributed by atoms with Gasteiger partial charge in [-0.3, -0.25) is 4.79 Å². The number of carbonyl (C=O) groups excluding carboxylic acids is 1. The topological polar surface area (TPSA) is 99.4 Å². The zero-order chi connectivity index (χ0) is 16.7. The summed E-state index contributed by atoms with van der Waals surface area (Å²) in [4.78, 5) is 32.1. The van der Waals surface area contributed by atoms with Gasteiger partial charge in [-0.05, 0) is 36.8 Å². The maximum absolute atomic E-state index is 11.7. The molecule has 24 heavy (non-hydrogen) atoms. The molecule has 1 saturated heterocycles. The normalized spacial score (nSPS) is 14.7. The molecule has 0 radical (unpaired) electrons. The van der Waals surface area contributed by atoms with Crippen molar-refractivity contribution >= 4 is 22.9 Å². The maximum Gasteiger partial charge on any atom is 0.371 e. The molecule has 2 N–H and O–H groups in total. The number of furan rings is 1. The highest BCUT2D eigenvalue weighted by Gasteiger charge is 2.21. The molecule has 3 aromatic rings. The van der Waals surface area contributed by atoms with Gasteiger partial charge >= 0.3 is 5.97 Å². The van der Waals surface area contributed by atoms with Crippen LogP contribution in [0, 0.1) is 0 Å². The average molecular weight is 325 g/mol. The van der Waals surface area contributed by atoms with Gasteiger partial charge < -0.3 is 19.4 Å². The number of carboxylic acid groups (broad SMARTS) is 1. The molecule has 0 unspecified atom stereocenters. The Labute approximate surface area is 136 Å². The number of H-pyrrole nitrogens is 1. The van der Waals surface area contributed by atoms with Gasteiger partial charge in [0, 0.05) is 18.5 Å². The Morgan fingerprint density at radius 1 is 1.33 bits per heavy atom. The van der Waals surface area contributed by atoms with Gasteiger partial charge in [-0.25, -0.2) is 9.78 Å². The number of likely N-dealkylation sites (tertiary alicyclic amines) is 1. The van der Waals surface area contributed by atoms with Gasteiger partial charge in [0.15, 0.2) is 0 Å². The minimum absolute atomic E-state index is 0.0945. The Balaban J connectivity index is 1.62. The summed E-state index contributed by atoms with van der Waals surface area (Å²) in [7, 11) is 0. The molecule has 1 aliphatic heterocycles. The number of rotatable bonds is 4. The van der Waals surface area contributed by atoms with Crippen LogP contribution in [0.4, 0.5) is 0 Å². The van der Waals surface area contributed by atoms with E-state index in [4.69, 9.17) is 9.52 Å². The van der Waals surface area contributed by atoms with E-state index in [0.29, 0.717) is 18.7 Å². The number of carboxylic acids is 1. The summed E-state index contributed by atoms with van der Waals surface area (Å²) in [5.74, 6) is 0.195. The van der Waals surface area contributed by atoms with Crippen LogP contribution in [-0.2, 0) is 11.3 Å². The summed E-state index contributed by atoms with van der Waals surface area (Å²) < 4.78 is 5.32. The van der Waals surface area contributed by atoms with E-state index in [1.54, 1.807) is 11.0 Å². The molecule has 0 bridgehead atoms. The van der Waals surface area contributed by atoms with Gasteiger partial charge in [0.2, 0.25) is 11.7 Å². The molecule has 3 heterocycles. The van der Waals surface area contributed by atoms with Gasteiger partial charge in [-0.2, -0.15) is 0 Å². The number of imidazole rings is 1. The van der Waals surface area contributed by atoms with Gasteiger partial charge in [0.25, 0.3) is 0 Å². The molecule has 0 spiro atoms. The molecule has 1 fully saturated rings. The smallest absolute Gasteiger partial charge is 0.371 e. The zero-order valence-corrected chi connectivity index (χ0v) is 12.8. The van der Waals surface area contributed by atoms with Crippen LogP contribution in [0.5, 0.6) is 0 Å². The summed E-state index contributed by atoms with van der Waals surface area (Å²) in [5.41, 5.74) is 2.38. The Morgan fingerprint density at radius 3 is 2.92 bits per heavy atom. The summed E-state index contributed by atoms with van der Waals surface area (Å²) in [6, 6.07) is 8.60. The first-order valence-electron chi connectivity index (χ1n) is 7.70. The zero-order valence-electron chi connectivity index (χ0n) is 12.8. The lowest BCUT2D eigenvalue weighted by molar-refractivity contribution is -0.128. The maximum atomic E-state index is 11.7. The summed E-state index contributed by atoms with van der Waals surface area (Å²) >= 11 is 0. The number of nitrogens with one attached hydrogen (secondary N) is 1. The first-order chi connectivity index (χ1) is 11.6. The van der Waals surface area contributed by atoms with Gasteiger partial charge in [-0.1, -0.05) is 0 Å². The molecule has 1 amide bonds. The van der Waals surface area contributed by atoms with E-state index in [1.807, 2.05) is 18.2 Å². The summed E-state index contributed by atoms with van der Waals surface area (Å²) in [5, 5.41) is 8.94. The molecule has 0 atom stereocenters. The van der Waals surface area contributed by atoms with Crippen LogP contribution in [0.25, 0.3) is 22.4 Å². The Kier molecular flexibility index (Phi) is 3.34. The summed E-state index contributed by atoms with van der Waals surface area (Å²) in [6.07, 6.45) is 1.50. The Morgan fingerprint density at radius 2 is 2.21 bits per heavy atom. The van der Waals surface area contributed by atoms with E-state index in [1.165, 1.54) is 6.07 Å². The molecule has 1 aliphatic rings. The molecule has 122 valence electrons. The third-order valence-electron chi connectivity index (χ3n) is 4.14. The molecule has 4 rings (SSSR count). The number of aromatic nitrogens is 2. The SMILES string of the molecule is O=C(O)c1ccc(-c2ccc3nc(CN4CCCC4=O)[nH]c3c2)o1. The van der Waals surface area contributed by atoms with Crippen molar-refractivity contribution in [2.75, 3.05) is 6.54 Å².